The molecule has 1 spiro atoms. The van der Waals surface area contributed by atoms with E-state index in [0.29, 0.717) is 38.6 Å². The monoisotopic (exact) mass is 769 g/mol. The van der Waals surface area contributed by atoms with E-state index in [-0.39, 0.29) is 46.1 Å². The zero-order chi connectivity index (χ0) is 38.5. The minimum Gasteiger partial charge on any atom is -0.381 e. The van der Waals surface area contributed by atoms with Crippen LogP contribution in [-0.2, 0) is 17.3 Å². The number of aromatic nitrogens is 1. The van der Waals surface area contributed by atoms with Gasteiger partial charge in [0.1, 0.15) is 11.6 Å². The van der Waals surface area contributed by atoms with Crippen molar-refractivity contribution >= 4 is 51.9 Å². The van der Waals surface area contributed by atoms with Crippen LogP contribution in [0.4, 0.5) is 40.4 Å². The first-order chi connectivity index (χ1) is 26.4. The van der Waals surface area contributed by atoms with Crippen LogP contribution in [-0.4, -0.2) is 55.6 Å². The number of carbonyl (C=O) groups is 3. The van der Waals surface area contributed by atoms with Gasteiger partial charge in [-0.15, -0.1) is 11.3 Å². The molecule has 3 amide bonds. The number of nitrogens with one attached hydrogen (secondary N) is 2. The molecule has 2 N–H and O–H groups in total. The van der Waals surface area contributed by atoms with Crippen LogP contribution in [0.15, 0.2) is 85.1 Å². The first kappa shape index (κ1) is 36.4. The van der Waals surface area contributed by atoms with Gasteiger partial charge >= 0.3 is 6.18 Å². The summed E-state index contributed by atoms with van der Waals surface area (Å²) in [5, 5.41) is 5.50. The molecule has 5 aromatic rings. The summed E-state index contributed by atoms with van der Waals surface area (Å²) in [7, 11) is 0. The molecule has 9 nitrogen and oxygen atoms in total. The molecule has 8 rings (SSSR count). The van der Waals surface area contributed by atoms with Crippen LogP contribution in [0.5, 0.6) is 0 Å². The van der Waals surface area contributed by atoms with Gasteiger partial charge < -0.3 is 25.2 Å². The summed E-state index contributed by atoms with van der Waals surface area (Å²) in [4.78, 5) is 49.5. The van der Waals surface area contributed by atoms with Gasteiger partial charge in [-0.25, -0.2) is 9.37 Å². The maximum atomic E-state index is 14.5. The van der Waals surface area contributed by atoms with Crippen molar-refractivity contribution in [2.75, 3.05) is 53.3 Å². The first-order valence-electron chi connectivity index (χ1n) is 17.8. The Balaban J connectivity index is 1.02. The molecule has 0 bridgehead atoms. The molecule has 0 aliphatic carbocycles. The fourth-order valence-corrected chi connectivity index (χ4v) is 8.66. The molecule has 3 aliphatic rings. The third kappa shape index (κ3) is 7.07. The lowest BCUT2D eigenvalue weighted by Crippen LogP contribution is -2.59. The van der Waals surface area contributed by atoms with Crippen molar-refractivity contribution in [1.29, 1.82) is 0 Å². The summed E-state index contributed by atoms with van der Waals surface area (Å²) >= 11 is 1.07. The molecule has 2 saturated heterocycles. The van der Waals surface area contributed by atoms with Gasteiger partial charge in [-0.2, -0.15) is 13.2 Å². The van der Waals surface area contributed by atoms with Gasteiger partial charge in [0.2, 0.25) is 0 Å². The normalized spacial score (nSPS) is 16.1. The van der Waals surface area contributed by atoms with E-state index >= 15 is 0 Å². The van der Waals surface area contributed by atoms with E-state index in [9.17, 15) is 31.9 Å². The molecule has 14 heteroatoms. The molecule has 0 atom stereocenters. The quantitative estimate of drug-likeness (QED) is 0.168. The van der Waals surface area contributed by atoms with E-state index in [1.807, 2.05) is 0 Å². The first-order valence-corrected chi connectivity index (χ1v) is 18.6. The van der Waals surface area contributed by atoms with E-state index in [1.165, 1.54) is 35.2 Å². The van der Waals surface area contributed by atoms with Crippen LogP contribution in [0.3, 0.4) is 0 Å². The number of amides is 3. The number of nitrogens with zero attached hydrogens (tertiary/aromatic N) is 3. The van der Waals surface area contributed by atoms with Crippen molar-refractivity contribution in [3.05, 3.63) is 124 Å². The highest BCUT2D eigenvalue weighted by atomic mass is 32.1. The highest BCUT2D eigenvalue weighted by Crippen LogP contribution is 2.45. The van der Waals surface area contributed by atoms with Crippen LogP contribution in [0.1, 0.15) is 59.9 Å². The highest BCUT2D eigenvalue weighted by molar-refractivity contribution is 7.17. The van der Waals surface area contributed by atoms with Crippen molar-refractivity contribution in [3.63, 3.8) is 0 Å². The van der Waals surface area contributed by atoms with Crippen LogP contribution < -0.4 is 20.4 Å². The number of ether oxygens (including phenoxy) is 1. The number of benzene rings is 3. The van der Waals surface area contributed by atoms with Gasteiger partial charge in [0, 0.05) is 66.2 Å². The minimum absolute atomic E-state index is 0.0252. The average Bonchev–Trinajstić information content (AvgIpc) is 3.53. The zero-order valence-corrected chi connectivity index (χ0v) is 30.5. The largest absolute Gasteiger partial charge is 0.416 e. The number of para-hydroxylation sites is 1. The lowest BCUT2D eigenvalue weighted by molar-refractivity contribution is -0.137. The second kappa shape index (κ2) is 14.2. The number of carbonyl (C=O) groups excluding carboxylic acids is 3. The Morgan fingerprint density at radius 3 is 2.40 bits per heavy atom. The number of hydrogen-bond donors (Lipinski definition) is 2. The lowest BCUT2D eigenvalue weighted by atomic mass is 9.73. The Labute approximate surface area is 317 Å². The molecular weight excluding hydrogens is 735 g/mol. The number of rotatable bonds is 6. The van der Waals surface area contributed by atoms with E-state index in [0.717, 1.165) is 62.6 Å². The molecule has 0 unspecified atom stereocenters. The Kier molecular flexibility index (Phi) is 9.42. The number of aryl methyl sites for hydroxylation is 1. The van der Waals surface area contributed by atoms with E-state index in [4.69, 9.17) is 4.74 Å². The Bertz CT molecular complexity index is 2290. The summed E-state index contributed by atoms with van der Waals surface area (Å²) in [6.45, 7) is 4.76. The number of anilines is 4. The third-order valence-electron chi connectivity index (χ3n) is 10.5. The molecule has 282 valence electrons. The van der Waals surface area contributed by atoms with Crippen molar-refractivity contribution < 1.29 is 36.7 Å². The number of pyridine rings is 1. The topological polar surface area (TPSA) is 104 Å². The number of halogens is 4. The van der Waals surface area contributed by atoms with E-state index in [2.05, 4.69) is 20.5 Å². The molecule has 0 radical (unpaired) electrons. The van der Waals surface area contributed by atoms with Crippen LogP contribution in [0.2, 0.25) is 0 Å². The van der Waals surface area contributed by atoms with Crippen molar-refractivity contribution in [2.24, 2.45) is 5.41 Å². The SMILES string of the molecule is Cc1cccc(F)c1NC(=O)c1cc2c(s1)-c1ccc(C(F)(F)F)cc1N(C(=O)c1ccc(NC(=O)c3cccnc3N3CC4(CCOCC4)C3)cc1)CC2. The molecule has 2 fully saturated rings. The number of alkyl halides is 3. The second-order valence-corrected chi connectivity index (χ2v) is 15.2. The second-order valence-electron chi connectivity index (χ2n) is 14.2. The molecule has 3 aliphatic heterocycles. The van der Waals surface area contributed by atoms with Gasteiger partial charge in [0.05, 0.1) is 27.4 Å². The zero-order valence-electron chi connectivity index (χ0n) is 29.6. The number of fused-ring (bicyclic) bond motifs is 3. The fraction of sp³-hybridized carbons (Fsp3) is 0.268. The number of hydrogen-bond acceptors (Lipinski definition) is 7. The van der Waals surface area contributed by atoms with Crippen LogP contribution in [0.25, 0.3) is 10.4 Å². The summed E-state index contributed by atoms with van der Waals surface area (Å²) in [5.41, 5.74) is 1.97. The number of thiophene rings is 1. The molecule has 55 heavy (non-hydrogen) atoms. The van der Waals surface area contributed by atoms with E-state index in [1.54, 1.807) is 49.5 Å². The molecule has 3 aromatic carbocycles. The highest BCUT2D eigenvalue weighted by Gasteiger charge is 2.45. The predicted molar refractivity (Wildman–Crippen MR) is 203 cm³/mol. The maximum Gasteiger partial charge on any atom is 0.416 e. The summed E-state index contributed by atoms with van der Waals surface area (Å²) in [5.74, 6) is -1.43. The molecule has 2 aromatic heterocycles. The molecule has 5 heterocycles. The minimum atomic E-state index is -4.67. The lowest BCUT2D eigenvalue weighted by Gasteiger charge is -2.53. The molecule has 0 saturated carbocycles. The van der Waals surface area contributed by atoms with Crippen molar-refractivity contribution in [2.45, 2.75) is 32.4 Å². The van der Waals surface area contributed by atoms with Gasteiger partial charge in [-0.3, -0.25) is 14.4 Å². The Morgan fingerprint density at radius 1 is 0.909 bits per heavy atom. The van der Waals surface area contributed by atoms with Gasteiger partial charge in [0.25, 0.3) is 17.7 Å². The molecular formula is C41H35F4N5O4S. The predicted octanol–water partition coefficient (Wildman–Crippen LogP) is 8.60. The Hall–Kier alpha value is -5.60. The van der Waals surface area contributed by atoms with Gasteiger partial charge in [-0.1, -0.05) is 18.2 Å². The third-order valence-corrected chi connectivity index (χ3v) is 11.7. The fourth-order valence-electron chi connectivity index (χ4n) is 7.52. The Morgan fingerprint density at radius 2 is 1.67 bits per heavy atom. The van der Waals surface area contributed by atoms with Crippen molar-refractivity contribution in [1.82, 2.24) is 4.98 Å². The smallest absolute Gasteiger partial charge is 0.381 e. The summed E-state index contributed by atoms with van der Waals surface area (Å²) < 4.78 is 62.0. The van der Waals surface area contributed by atoms with E-state index < -0.39 is 29.4 Å². The van der Waals surface area contributed by atoms with Crippen LogP contribution >= 0.6 is 11.3 Å². The van der Waals surface area contributed by atoms with Crippen LogP contribution in [0, 0.1) is 18.2 Å². The summed E-state index contributed by atoms with van der Waals surface area (Å²) in [6, 6.07) is 18.9. The van der Waals surface area contributed by atoms with Gasteiger partial charge in [0.15, 0.2) is 0 Å². The average molecular weight is 770 g/mol. The standard InChI is InChI=1S/C41H35F4N5O4S/c1-24-4-2-6-31(42)34(24)48-38(52)33-20-26-13-17-50(32-21-27(41(43,44)45)9-12-29(32)35(26)55-33)39(53)25-7-10-28(11-8-25)47-37(51)30-5-3-16-46-36(30)49-22-40(23-49)14-18-54-19-15-40/h2-12,16,20-21H,13-15,17-19,22-23H2,1H3,(H,47,51)(H,48,52). The van der Waals surface area contributed by atoms with Gasteiger partial charge in [-0.05, 0) is 98.0 Å². The maximum absolute atomic E-state index is 14.5. The summed E-state index contributed by atoms with van der Waals surface area (Å²) in [6.07, 6.45) is -0.825. The van der Waals surface area contributed by atoms with Crippen molar-refractivity contribution in [3.8, 4) is 10.4 Å².